The molecule has 0 bridgehead atoms. The summed E-state index contributed by atoms with van der Waals surface area (Å²) >= 11 is 0.838. The predicted octanol–water partition coefficient (Wildman–Crippen LogP) is 5.02. The van der Waals surface area contributed by atoms with Crippen LogP contribution in [0.15, 0.2) is 36.4 Å². The molecule has 0 aliphatic rings. The smallest absolute Gasteiger partial charge is 0.434 e. The van der Waals surface area contributed by atoms with Crippen molar-refractivity contribution < 1.29 is 23.1 Å². The maximum Gasteiger partial charge on any atom is 0.434 e. The van der Waals surface area contributed by atoms with E-state index in [9.17, 15) is 23.1 Å². The number of benzene rings is 1. The first kappa shape index (κ1) is 19.8. The van der Waals surface area contributed by atoms with Gasteiger partial charge in [0.2, 0.25) is 0 Å². The van der Waals surface area contributed by atoms with E-state index in [-0.39, 0.29) is 21.5 Å². The molecule has 2 aromatic heterocycles. The molecule has 1 aromatic carbocycles. The standard InChI is InChI=1S/C19H16F3N3O2S/c1-3-25-14-7-5-4-6-13(14)24-18(25)15(27)10-12(26)8-9-16-17(19(20,21)22)23-11(2)28-16/h4-10,27H,3H2,1-2H3/b9-8+,15-10-. The molecule has 28 heavy (non-hydrogen) atoms. The van der Waals surface area contributed by atoms with Crippen molar-refractivity contribution in [3.8, 4) is 0 Å². The van der Waals surface area contributed by atoms with E-state index in [4.69, 9.17) is 0 Å². The van der Waals surface area contributed by atoms with Crippen molar-refractivity contribution >= 4 is 40.0 Å². The lowest BCUT2D eigenvalue weighted by molar-refractivity contribution is -0.140. The van der Waals surface area contributed by atoms with Crippen molar-refractivity contribution in [2.45, 2.75) is 26.6 Å². The Morgan fingerprint density at radius 1 is 1.29 bits per heavy atom. The van der Waals surface area contributed by atoms with Crippen LogP contribution in [-0.2, 0) is 17.5 Å². The number of fused-ring (bicyclic) bond motifs is 1. The number of hydrogen-bond donors (Lipinski definition) is 1. The monoisotopic (exact) mass is 407 g/mol. The van der Waals surface area contributed by atoms with Crippen LogP contribution in [0.2, 0.25) is 0 Å². The summed E-state index contributed by atoms with van der Waals surface area (Å²) in [5.41, 5.74) is 0.440. The van der Waals surface area contributed by atoms with Gasteiger partial charge in [-0.2, -0.15) is 13.2 Å². The number of hydrogen-bond acceptors (Lipinski definition) is 5. The molecular weight excluding hydrogens is 391 g/mol. The number of carbonyl (C=O) groups is 1. The molecule has 0 saturated carbocycles. The fraction of sp³-hybridized carbons (Fsp3) is 0.211. The molecule has 0 aliphatic heterocycles. The van der Waals surface area contributed by atoms with E-state index in [0.717, 1.165) is 35.1 Å². The van der Waals surface area contributed by atoms with Crippen molar-refractivity contribution in [3.05, 3.63) is 57.8 Å². The van der Waals surface area contributed by atoms with Gasteiger partial charge in [0.15, 0.2) is 23.1 Å². The lowest BCUT2D eigenvalue weighted by Gasteiger charge is -2.04. The summed E-state index contributed by atoms with van der Waals surface area (Å²) in [6.07, 6.45) is -1.64. The second-order valence-electron chi connectivity index (χ2n) is 5.88. The zero-order chi connectivity index (χ0) is 20.5. The van der Waals surface area contributed by atoms with E-state index in [2.05, 4.69) is 9.97 Å². The van der Waals surface area contributed by atoms with Gasteiger partial charge in [-0.05, 0) is 38.1 Å². The third-order valence-corrected chi connectivity index (χ3v) is 4.84. The Kier molecular flexibility index (Phi) is 5.37. The minimum Gasteiger partial charge on any atom is -0.504 e. The van der Waals surface area contributed by atoms with Crippen molar-refractivity contribution in [3.63, 3.8) is 0 Å². The van der Waals surface area contributed by atoms with Gasteiger partial charge in [0.05, 0.1) is 20.9 Å². The van der Waals surface area contributed by atoms with Gasteiger partial charge in [-0.25, -0.2) is 9.97 Å². The Morgan fingerprint density at radius 2 is 2.00 bits per heavy atom. The van der Waals surface area contributed by atoms with Crippen molar-refractivity contribution in [1.29, 1.82) is 0 Å². The average Bonchev–Trinajstić information content (AvgIpc) is 3.19. The van der Waals surface area contributed by atoms with Gasteiger partial charge in [-0.1, -0.05) is 12.1 Å². The first-order chi connectivity index (χ1) is 13.2. The molecule has 0 amide bonds. The normalized spacial score (nSPS) is 13.0. The molecule has 0 spiro atoms. The number of para-hydroxylation sites is 2. The van der Waals surface area contributed by atoms with Crippen LogP contribution in [0.25, 0.3) is 22.9 Å². The molecule has 0 atom stereocenters. The topological polar surface area (TPSA) is 68.0 Å². The second-order valence-corrected chi connectivity index (χ2v) is 7.11. The number of halogens is 3. The summed E-state index contributed by atoms with van der Waals surface area (Å²) in [5, 5.41) is 10.6. The number of thiazole rings is 1. The molecule has 0 radical (unpaired) electrons. The number of aliphatic hydroxyl groups excluding tert-OH is 1. The van der Waals surface area contributed by atoms with E-state index in [0.29, 0.717) is 12.1 Å². The number of rotatable bonds is 5. The molecule has 2 heterocycles. The summed E-state index contributed by atoms with van der Waals surface area (Å²) in [6.45, 7) is 3.85. The van der Waals surface area contributed by atoms with Crippen LogP contribution < -0.4 is 0 Å². The van der Waals surface area contributed by atoms with E-state index >= 15 is 0 Å². The maximum absolute atomic E-state index is 13.0. The minimum atomic E-state index is -4.60. The predicted molar refractivity (Wildman–Crippen MR) is 102 cm³/mol. The lowest BCUT2D eigenvalue weighted by Crippen LogP contribution is -2.07. The fourth-order valence-corrected chi connectivity index (χ4v) is 3.60. The highest BCUT2D eigenvalue weighted by atomic mass is 32.1. The Bertz CT molecular complexity index is 1090. The highest BCUT2D eigenvalue weighted by Gasteiger charge is 2.36. The molecule has 3 rings (SSSR count). The summed E-state index contributed by atoms with van der Waals surface area (Å²) in [5.74, 6) is -0.800. The van der Waals surface area contributed by atoms with Crippen LogP contribution in [0.1, 0.15) is 28.3 Å². The second kappa shape index (κ2) is 7.59. The van der Waals surface area contributed by atoms with Crippen LogP contribution in [0.5, 0.6) is 0 Å². The summed E-state index contributed by atoms with van der Waals surface area (Å²) < 4.78 is 40.6. The SMILES string of the molecule is CCn1c(/C(O)=C/C(=O)/C=C/c2sc(C)nc2C(F)(F)F)nc2ccccc21. The molecule has 0 aliphatic carbocycles. The Labute approximate surface area is 162 Å². The van der Waals surface area contributed by atoms with Crippen LogP contribution in [0, 0.1) is 6.92 Å². The number of alkyl halides is 3. The average molecular weight is 407 g/mol. The Balaban J connectivity index is 1.89. The number of imidazole rings is 1. The molecule has 0 fully saturated rings. The first-order valence-corrected chi connectivity index (χ1v) is 9.15. The van der Waals surface area contributed by atoms with E-state index < -0.39 is 17.7 Å². The third-order valence-electron chi connectivity index (χ3n) is 3.91. The van der Waals surface area contributed by atoms with Gasteiger partial charge in [-0.15, -0.1) is 11.3 Å². The summed E-state index contributed by atoms with van der Waals surface area (Å²) in [6, 6.07) is 7.27. The number of aryl methyl sites for hydroxylation is 2. The largest absolute Gasteiger partial charge is 0.504 e. The number of ketones is 1. The minimum absolute atomic E-state index is 0.160. The van der Waals surface area contributed by atoms with Crippen LogP contribution >= 0.6 is 11.3 Å². The van der Waals surface area contributed by atoms with Crippen molar-refractivity contribution in [1.82, 2.24) is 14.5 Å². The highest BCUT2D eigenvalue weighted by molar-refractivity contribution is 7.12. The summed E-state index contributed by atoms with van der Waals surface area (Å²) in [4.78, 5) is 19.7. The molecule has 0 saturated heterocycles. The van der Waals surface area contributed by atoms with Crippen molar-refractivity contribution in [2.24, 2.45) is 0 Å². The molecule has 3 aromatic rings. The van der Waals surface area contributed by atoms with E-state index in [1.165, 1.54) is 6.92 Å². The number of allylic oxidation sites excluding steroid dienone is 2. The molecular formula is C19H16F3N3O2S. The first-order valence-electron chi connectivity index (χ1n) is 8.33. The molecule has 5 nitrogen and oxygen atoms in total. The van der Waals surface area contributed by atoms with Gasteiger partial charge < -0.3 is 9.67 Å². The van der Waals surface area contributed by atoms with Crippen LogP contribution in [-0.4, -0.2) is 25.4 Å². The number of nitrogens with zero attached hydrogens (tertiary/aromatic N) is 3. The third kappa shape index (κ3) is 3.99. The van der Waals surface area contributed by atoms with Crippen LogP contribution in [0.3, 0.4) is 0 Å². The molecule has 146 valence electrons. The van der Waals surface area contributed by atoms with E-state index in [1.807, 2.05) is 25.1 Å². The van der Waals surface area contributed by atoms with Gasteiger partial charge >= 0.3 is 6.18 Å². The van der Waals surface area contributed by atoms with Gasteiger partial charge in [0.1, 0.15) is 0 Å². The zero-order valence-electron chi connectivity index (χ0n) is 15.0. The molecule has 0 unspecified atom stereocenters. The zero-order valence-corrected chi connectivity index (χ0v) is 15.8. The lowest BCUT2D eigenvalue weighted by atomic mass is 10.2. The maximum atomic E-state index is 13.0. The molecule has 1 N–H and O–H groups in total. The van der Waals surface area contributed by atoms with Gasteiger partial charge in [0.25, 0.3) is 0 Å². The summed E-state index contributed by atoms with van der Waals surface area (Å²) in [7, 11) is 0. The quantitative estimate of drug-likeness (QED) is 0.476. The Morgan fingerprint density at radius 3 is 2.68 bits per heavy atom. The Hall–Kier alpha value is -2.94. The van der Waals surface area contributed by atoms with Gasteiger partial charge in [-0.3, -0.25) is 4.79 Å². The van der Waals surface area contributed by atoms with Crippen LogP contribution in [0.4, 0.5) is 13.2 Å². The highest BCUT2D eigenvalue weighted by Crippen LogP contribution is 2.34. The van der Waals surface area contributed by atoms with Gasteiger partial charge in [0, 0.05) is 12.6 Å². The number of carbonyl (C=O) groups excluding carboxylic acids is 1. The number of aromatic nitrogens is 3. The van der Waals surface area contributed by atoms with E-state index in [1.54, 1.807) is 10.6 Å². The number of aliphatic hydroxyl groups is 1. The van der Waals surface area contributed by atoms with Crippen molar-refractivity contribution in [2.75, 3.05) is 0 Å². The molecule has 9 heteroatoms. The fourth-order valence-electron chi connectivity index (χ4n) is 2.76.